The van der Waals surface area contributed by atoms with Crippen molar-refractivity contribution in [3.63, 3.8) is 0 Å². The second-order valence-electron chi connectivity index (χ2n) is 8.64. The van der Waals surface area contributed by atoms with Crippen LogP contribution >= 0.6 is 0 Å². The first-order chi connectivity index (χ1) is 18.3. The molecule has 0 bridgehead atoms. The van der Waals surface area contributed by atoms with E-state index in [0.29, 0.717) is 45.5 Å². The lowest BCUT2D eigenvalue weighted by atomic mass is 10.1. The minimum atomic E-state index is -1.23. The molecule has 3 amide bonds. The maximum Gasteiger partial charge on any atom is 0.326 e. The van der Waals surface area contributed by atoms with Gasteiger partial charge in [0.1, 0.15) is 12.3 Å². The highest BCUT2D eigenvalue weighted by Crippen LogP contribution is 2.08. The summed E-state index contributed by atoms with van der Waals surface area (Å²) in [5, 5.41) is 25.2. The number of nitrogens with one attached hydrogen (secondary N) is 3. The van der Waals surface area contributed by atoms with Gasteiger partial charge in [0.05, 0.1) is 26.4 Å². The molecule has 0 aromatic heterocycles. The van der Waals surface area contributed by atoms with E-state index in [9.17, 15) is 28.8 Å². The summed E-state index contributed by atoms with van der Waals surface area (Å²) in [5.74, 6) is -2.97. The van der Waals surface area contributed by atoms with Crippen molar-refractivity contribution in [3.05, 3.63) is 0 Å². The van der Waals surface area contributed by atoms with Gasteiger partial charge in [0, 0.05) is 45.2 Å². The molecule has 0 aromatic rings. The van der Waals surface area contributed by atoms with Crippen LogP contribution in [0.4, 0.5) is 0 Å². The molecule has 0 radical (unpaired) electrons. The number of aldehydes is 1. The molecular formula is C25H43N3O10. The van der Waals surface area contributed by atoms with Gasteiger partial charge >= 0.3 is 11.9 Å². The van der Waals surface area contributed by atoms with Crippen molar-refractivity contribution < 1.29 is 48.5 Å². The molecule has 0 aromatic carbocycles. The molecule has 0 aliphatic carbocycles. The first-order valence-corrected chi connectivity index (χ1v) is 13.1. The monoisotopic (exact) mass is 545 g/mol. The molecular weight excluding hydrogens is 502 g/mol. The molecule has 13 heteroatoms. The number of carbonyl (C=O) groups is 6. The zero-order chi connectivity index (χ0) is 28.4. The zero-order valence-corrected chi connectivity index (χ0v) is 22.0. The van der Waals surface area contributed by atoms with Gasteiger partial charge in [-0.05, 0) is 19.3 Å². The predicted molar refractivity (Wildman–Crippen MR) is 136 cm³/mol. The molecule has 0 heterocycles. The van der Waals surface area contributed by atoms with E-state index in [4.69, 9.17) is 19.7 Å². The summed E-state index contributed by atoms with van der Waals surface area (Å²) >= 11 is 0. The average Bonchev–Trinajstić information content (AvgIpc) is 2.87. The van der Waals surface area contributed by atoms with Crippen molar-refractivity contribution in [2.45, 2.75) is 83.1 Å². The number of carbonyl (C=O) groups excluding carboxylic acids is 4. The van der Waals surface area contributed by atoms with E-state index in [1.807, 2.05) is 0 Å². The smallest absolute Gasteiger partial charge is 0.326 e. The largest absolute Gasteiger partial charge is 0.481 e. The fourth-order valence-corrected chi connectivity index (χ4v) is 3.28. The number of rotatable bonds is 26. The third-order valence-electron chi connectivity index (χ3n) is 5.34. The summed E-state index contributed by atoms with van der Waals surface area (Å²) in [6, 6.07) is -1.16. The summed E-state index contributed by atoms with van der Waals surface area (Å²) in [4.78, 5) is 67.1. The van der Waals surface area contributed by atoms with Crippen LogP contribution in [-0.4, -0.2) is 91.7 Å². The highest BCUT2D eigenvalue weighted by atomic mass is 16.5. The summed E-state index contributed by atoms with van der Waals surface area (Å²) in [6.07, 6.45) is 6.31. The standard InChI is InChI=1S/C25H43N3O10/c29-15-7-8-20(25(35)36)28-23(32)12-11-22(31)27-14-17-38-19-18-37-16-13-26-21(30)9-5-3-1-2-4-6-10-24(33)34/h15,20H,1-14,16-19H2,(H,26,30)(H,27,31)(H,28,32)(H,33,34)(H,35,36)/t20-/m0/s1. The Bertz CT molecular complexity index is 718. The molecule has 0 rings (SSSR count). The van der Waals surface area contributed by atoms with Gasteiger partial charge in [0.2, 0.25) is 17.7 Å². The Morgan fingerprint density at radius 1 is 0.658 bits per heavy atom. The molecule has 0 aliphatic heterocycles. The fraction of sp³-hybridized carbons (Fsp3) is 0.760. The van der Waals surface area contributed by atoms with Gasteiger partial charge in [-0.3, -0.25) is 19.2 Å². The SMILES string of the molecule is O=CCC[C@H](NC(=O)CCC(=O)NCCOCCOCCNC(=O)CCCCCCCCC(=O)O)C(=O)O. The fourth-order valence-electron chi connectivity index (χ4n) is 3.28. The minimum absolute atomic E-state index is 0.00658. The van der Waals surface area contributed by atoms with Crippen molar-refractivity contribution in [1.82, 2.24) is 16.0 Å². The van der Waals surface area contributed by atoms with Crippen molar-refractivity contribution in [3.8, 4) is 0 Å². The van der Waals surface area contributed by atoms with Gasteiger partial charge in [-0.15, -0.1) is 0 Å². The normalized spacial score (nSPS) is 11.4. The third kappa shape index (κ3) is 23.3. The molecule has 0 saturated heterocycles. The lowest BCUT2D eigenvalue weighted by Crippen LogP contribution is -2.41. The Morgan fingerprint density at radius 2 is 1.16 bits per heavy atom. The molecule has 1 atom stereocenters. The van der Waals surface area contributed by atoms with Gasteiger partial charge in [-0.1, -0.05) is 25.7 Å². The zero-order valence-electron chi connectivity index (χ0n) is 22.0. The number of carboxylic acid groups (broad SMARTS) is 2. The van der Waals surface area contributed by atoms with Crippen LogP contribution in [-0.2, 0) is 38.2 Å². The quantitative estimate of drug-likeness (QED) is 0.0765. The molecule has 5 N–H and O–H groups in total. The number of amides is 3. The van der Waals surface area contributed by atoms with E-state index in [0.717, 1.165) is 32.1 Å². The van der Waals surface area contributed by atoms with E-state index in [1.165, 1.54) is 0 Å². The number of hydrogen-bond donors (Lipinski definition) is 5. The molecule has 0 fully saturated rings. The van der Waals surface area contributed by atoms with Crippen LogP contribution in [0.15, 0.2) is 0 Å². The van der Waals surface area contributed by atoms with Crippen LogP contribution in [0.5, 0.6) is 0 Å². The van der Waals surface area contributed by atoms with Crippen LogP contribution < -0.4 is 16.0 Å². The Kier molecular flexibility index (Phi) is 22.3. The molecule has 0 unspecified atom stereocenters. The first-order valence-electron chi connectivity index (χ1n) is 13.1. The topological polar surface area (TPSA) is 197 Å². The predicted octanol–water partition coefficient (Wildman–Crippen LogP) is 0.786. The molecule has 38 heavy (non-hydrogen) atoms. The van der Waals surface area contributed by atoms with Gasteiger partial charge in [-0.25, -0.2) is 4.79 Å². The summed E-state index contributed by atoms with van der Waals surface area (Å²) in [6.45, 7) is 1.91. The van der Waals surface area contributed by atoms with Gasteiger partial charge < -0.3 is 40.4 Å². The Balaban J connectivity index is 3.52. The first kappa shape index (κ1) is 34.9. The number of ether oxygens (including phenoxy) is 2. The number of carboxylic acids is 2. The number of aliphatic carboxylic acids is 2. The van der Waals surface area contributed by atoms with Crippen molar-refractivity contribution in [2.24, 2.45) is 0 Å². The lowest BCUT2D eigenvalue weighted by molar-refractivity contribution is -0.142. The second kappa shape index (κ2) is 24.3. The Hall–Kier alpha value is -3.06. The Morgan fingerprint density at radius 3 is 1.68 bits per heavy atom. The Labute approximate surface area is 223 Å². The maximum absolute atomic E-state index is 11.8. The lowest BCUT2D eigenvalue weighted by Gasteiger charge is -2.13. The van der Waals surface area contributed by atoms with Crippen LogP contribution in [0.3, 0.4) is 0 Å². The highest BCUT2D eigenvalue weighted by Gasteiger charge is 2.19. The third-order valence-corrected chi connectivity index (χ3v) is 5.34. The van der Waals surface area contributed by atoms with Crippen molar-refractivity contribution >= 4 is 35.9 Å². The van der Waals surface area contributed by atoms with E-state index in [1.54, 1.807) is 0 Å². The van der Waals surface area contributed by atoms with E-state index >= 15 is 0 Å². The van der Waals surface area contributed by atoms with Crippen molar-refractivity contribution in [1.29, 1.82) is 0 Å². The number of hydrogen-bond acceptors (Lipinski definition) is 8. The second-order valence-corrected chi connectivity index (χ2v) is 8.64. The molecule has 0 saturated carbocycles. The molecule has 0 spiro atoms. The van der Waals surface area contributed by atoms with Crippen molar-refractivity contribution in [2.75, 3.05) is 39.5 Å². The minimum Gasteiger partial charge on any atom is -0.481 e. The molecule has 218 valence electrons. The molecule has 13 nitrogen and oxygen atoms in total. The summed E-state index contributed by atoms with van der Waals surface area (Å²) < 4.78 is 10.7. The molecule has 0 aliphatic rings. The maximum atomic E-state index is 11.8. The average molecular weight is 546 g/mol. The summed E-state index contributed by atoms with van der Waals surface area (Å²) in [7, 11) is 0. The van der Waals surface area contributed by atoms with Crippen LogP contribution in [0.2, 0.25) is 0 Å². The summed E-state index contributed by atoms with van der Waals surface area (Å²) in [5.41, 5.74) is 0. The van der Waals surface area contributed by atoms with Crippen LogP contribution in [0.1, 0.15) is 77.0 Å². The van der Waals surface area contributed by atoms with Gasteiger partial charge in [-0.2, -0.15) is 0 Å². The van der Waals surface area contributed by atoms with E-state index in [-0.39, 0.29) is 57.1 Å². The van der Waals surface area contributed by atoms with Gasteiger partial charge in [0.25, 0.3) is 0 Å². The van der Waals surface area contributed by atoms with Gasteiger partial charge in [0.15, 0.2) is 0 Å². The number of unbranched alkanes of at least 4 members (excludes halogenated alkanes) is 5. The van der Waals surface area contributed by atoms with Crippen LogP contribution in [0, 0.1) is 0 Å². The highest BCUT2D eigenvalue weighted by molar-refractivity contribution is 5.87. The van der Waals surface area contributed by atoms with E-state index in [2.05, 4.69) is 16.0 Å². The van der Waals surface area contributed by atoms with E-state index < -0.39 is 23.9 Å². The van der Waals surface area contributed by atoms with Crippen LogP contribution in [0.25, 0.3) is 0 Å².